The average Bonchev–Trinajstić information content (AvgIpc) is 2.84. The summed E-state index contributed by atoms with van der Waals surface area (Å²) < 4.78 is 0. The molecule has 0 bridgehead atoms. The van der Waals surface area contributed by atoms with Gasteiger partial charge in [-0.3, -0.25) is 4.79 Å². The summed E-state index contributed by atoms with van der Waals surface area (Å²) in [5.74, 6) is 0.606. The van der Waals surface area contributed by atoms with Crippen LogP contribution in [-0.2, 0) is 4.79 Å². The van der Waals surface area contributed by atoms with E-state index in [9.17, 15) is 4.79 Å². The lowest BCUT2D eigenvalue weighted by atomic mass is 9.90. The number of likely N-dealkylation sites (tertiary alicyclic amines) is 1. The first-order chi connectivity index (χ1) is 8.61. The van der Waals surface area contributed by atoms with Gasteiger partial charge in [0.15, 0.2) is 0 Å². The Morgan fingerprint density at radius 3 is 2.39 bits per heavy atom. The predicted octanol–water partition coefficient (Wildman–Crippen LogP) is 0.927. The number of nitrogens with zero attached hydrogens (tertiary/aromatic N) is 2. The number of carbonyl (C=O) groups excluding carboxylic acids is 1. The van der Waals surface area contributed by atoms with Crippen molar-refractivity contribution in [3.63, 3.8) is 0 Å². The van der Waals surface area contributed by atoms with Crippen molar-refractivity contribution in [3.8, 4) is 0 Å². The van der Waals surface area contributed by atoms with Crippen LogP contribution in [0, 0.1) is 5.92 Å². The summed E-state index contributed by atoms with van der Waals surface area (Å²) in [4.78, 5) is 16.7. The number of rotatable bonds is 3. The molecule has 1 amide bonds. The fourth-order valence-corrected chi connectivity index (χ4v) is 3.36. The first-order valence-electron chi connectivity index (χ1n) is 7.24. The van der Waals surface area contributed by atoms with Crippen molar-refractivity contribution in [2.75, 3.05) is 34.2 Å². The fourth-order valence-electron chi connectivity index (χ4n) is 3.36. The molecule has 0 aromatic rings. The molecule has 0 aromatic heterocycles. The van der Waals surface area contributed by atoms with E-state index in [1.165, 1.54) is 12.8 Å². The van der Waals surface area contributed by atoms with Crippen molar-refractivity contribution in [3.05, 3.63) is 0 Å². The number of hydrogen-bond donors (Lipinski definition) is 1. The highest BCUT2D eigenvalue weighted by Gasteiger charge is 2.32. The Kier molecular flexibility index (Phi) is 4.62. The van der Waals surface area contributed by atoms with Crippen molar-refractivity contribution in [2.45, 2.75) is 44.2 Å². The van der Waals surface area contributed by atoms with E-state index >= 15 is 0 Å². The lowest BCUT2D eigenvalue weighted by molar-refractivity contribution is -0.136. The van der Waals surface area contributed by atoms with Gasteiger partial charge in [0.05, 0.1) is 5.92 Å². The average molecular weight is 253 g/mol. The molecule has 1 atom stereocenters. The third-order valence-corrected chi connectivity index (χ3v) is 4.74. The van der Waals surface area contributed by atoms with E-state index in [0.717, 1.165) is 32.4 Å². The Balaban J connectivity index is 1.84. The summed E-state index contributed by atoms with van der Waals surface area (Å²) in [7, 11) is 6.14. The van der Waals surface area contributed by atoms with Crippen molar-refractivity contribution in [1.82, 2.24) is 15.1 Å². The zero-order chi connectivity index (χ0) is 13.1. The SMILES string of the molecule is CNC1CCC(N(C)C(=O)C2CCN(C)C2)CC1. The molecule has 0 spiro atoms. The van der Waals surface area contributed by atoms with Crippen LogP contribution in [0.4, 0.5) is 0 Å². The molecule has 1 aliphatic carbocycles. The second-order valence-electron chi connectivity index (χ2n) is 5.99. The van der Waals surface area contributed by atoms with Crippen LogP contribution in [0.1, 0.15) is 32.1 Å². The Labute approximate surface area is 111 Å². The van der Waals surface area contributed by atoms with Crippen LogP contribution in [0.2, 0.25) is 0 Å². The third kappa shape index (κ3) is 3.04. The maximum Gasteiger partial charge on any atom is 0.227 e. The van der Waals surface area contributed by atoms with Crippen LogP contribution in [-0.4, -0.2) is 62.0 Å². The van der Waals surface area contributed by atoms with Gasteiger partial charge in [-0.15, -0.1) is 0 Å². The molecule has 4 nitrogen and oxygen atoms in total. The summed E-state index contributed by atoms with van der Waals surface area (Å²) in [5, 5.41) is 3.34. The molecule has 0 aromatic carbocycles. The van der Waals surface area contributed by atoms with E-state index in [4.69, 9.17) is 0 Å². The molecule has 1 heterocycles. The molecule has 2 fully saturated rings. The Morgan fingerprint density at radius 1 is 1.22 bits per heavy atom. The maximum atomic E-state index is 12.4. The first kappa shape index (κ1) is 13.8. The zero-order valence-electron chi connectivity index (χ0n) is 12.0. The van der Waals surface area contributed by atoms with Crippen molar-refractivity contribution < 1.29 is 4.79 Å². The molecule has 1 saturated heterocycles. The number of nitrogens with one attached hydrogen (secondary N) is 1. The van der Waals surface area contributed by atoms with E-state index in [-0.39, 0.29) is 5.92 Å². The second kappa shape index (κ2) is 6.02. The van der Waals surface area contributed by atoms with E-state index in [1.807, 2.05) is 19.0 Å². The molecule has 0 radical (unpaired) electrons. The fraction of sp³-hybridized carbons (Fsp3) is 0.929. The largest absolute Gasteiger partial charge is 0.342 e. The van der Waals surface area contributed by atoms with E-state index in [0.29, 0.717) is 18.0 Å². The van der Waals surface area contributed by atoms with Gasteiger partial charge in [0.2, 0.25) is 5.91 Å². The minimum Gasteiger partial charge on any atom is -0.342 e. The molecule has 2 aliphatic rings. The molecule has 1 saturated carbocycles. The molecule has 104 valence electrons. The molecule has 18 heavy (non-hydrogen) atoms. The molecule has 1 aliphatic heterocycles. The van der Waals surface area contributed by atoms with Gasteiger partial charge in [-0.2, -0.15) is 0 Å². The van der Waals surface area contributed by atoms with Crippen LogP contribution in [0.25, 0.3) is 0 Å². The number of hydrogen-bond acceptors (Lipinski definition) is 3. The molecule has 1 unspecified atom stereocenters. The summed E-state index contributed by atoms with van der Waals surface area (Å²) in [6.45, 7) is 2.01. The van der Waals surface area contributed by atoms with Gasteiger partial charge in [0.1, 0.15) is 0 Å². The summed E-state index contributed by atoms with van der Waals surface area (Å²) >= 11 is 0. The molecule has 4 heteroatoms. The molecule has 1 N–H and O–H groups in total. The lowest BCUT2D eigenvalue weighted by Gasteiger charge is -2.35. The van der Waals surface area contributed by atoms with Crippen molar-refractivity contribution in [1.29, 1.82) is 0 Å². The van der Waals surface area contributed by atoms with Gasteiger partial charge in [0, 0.05) is 25.7 Å². The standard InChI is InChI=1S/C14H27N3O/c1-15-12-4-6-13(7-5-12)17(3)14(18)11-8-9-16(2)10-11/h11-13,15H,4-10H2,1-3H3. The smallest absolute Gasteiger partial charge is 0.227 e. The minimum atomic E-state index is 0.238. The van der Waals surface area contributed by atoms with Crippen molar-refractivity contribution >= 4 is 5.91 Å². The monoisotopic (exact) mass is 253 g/mol. The second-order valence-corrected chi connectivity index (χ2v) is 5.99. The van der Waals surface area contributed by atoms with Gasteiger partial charge < -0.3 is 15.1 Å². The molecule has 2 rings (SSSR count). The normalized spacial score (nSPS) is 33.6. The minimum absolute atomic E-state index is 0.238. The van der Waals surface area contributed by atoms with Crippen LogP contribution < -0.4 is 5.32 Å². The van der Waals surface area contributed by atoms with Crippen molar-refractivity contribution in [2.24, 2.45) is 5.92 Å². The Hall–Kier alpha value is -0.610. The van der Waals surface area contributed by atoms with E-state index < -0.39 is 0 Å². The lowest BCUT2D eigenvalue weighted by Crippen LogP contribution is -2.45. The summed E-state index contributed by atoms with van der Waals surface area (Å²) in [5.41, 5.74) is 0. The summed E-state index contributed by atoms with van der Waals surface area (Å²) in [6, 6.07) is 1.12. The van der Waals surface area contributed by atoms with Crippen LogP contribution in [0.3, 0.4) is 0 Å². The van der Waals surface area contributed by atoms with E-state index in [1.54, 1.807) is 0 Å². The van der Waals surface area contributed by atoms with E-state index in [2.05, 4.69) is 17.3 Å². The van der Waals surface area contributed by atoms with Gasteiger partial charge in [-0.25, -0.2) is 0 Å². The van der Waals surface area contributed by atoms with Crippen LogP contribution >= 0.6 is 0 Å². The highest BCUT2D eigenvalue weighted by Crippen LogP contribution is 2.25. The Morgan fingerprint density at radius 2 is 1.89 bits per heavy atom. The maximum absolute atomic E-state index is 12.4. The number of carbonyl (C=O) groups is 1. The highest BCUT2D eigenvalue weighted by molar-refractivity contribution is 5.79. The molecular weight excluding hydrogens is 226 g/mol. The summed E-state index contributed by atoms with van der Waals surface area (Å²) in [6.07, 6.45) is 5.73. The predicted molar refractivity (Wildman–Crippen MR) is 73.5 cm³/mol. The highest BCUT2D eigenvalue weighted by atomic mass is 16.2. The third-order valence-electron chi connectivity index (χ3n) is 4.74. The van der Waals surface area contributed by atoms with Gasteiger partial charge in [-0.1, -0.05) is 0 Å². The van der Waals surface area contributed by atoms with Crippen LogP contribution in [0.15, 0.2) is 0 Å². The molecular formula is C14H27N3O. The Bertz CT molecular complexity index is 287. The van der Waals surface area contributed by atoms with Gasteiger partial charge in [0.25, 0.3) is 0 Å². The van der Waals surface area contributed by atoms with Gasteiger partial charge in [-0.05, 0) is 52.7 Å². The zero-order valence-corrected chi connectivity index (χ0v) is 12.0. The quantitative estimate of drug-likeness (QED) is 0.812. The van der Waals surface area contributed by atoms with Gasteiger partial charge >= 0.3 is 0 Å². The first-order valence-corrected chi connectivity index (χ1v) is 7.24. The topological polar surface area (TPSA) is 35.6 Å². The van der Waals surface area contributed by atoms with Crippen LogP contribution in [0.5, 0.6) is 0 Å². The number of amides is 1.